The van der Waals surface area contributed by atoms with E-state index in [2.05, 4.69) is 23.9 Å². The van der Waals surface area contributed by atoms with Crippen LogP contribution in [-0.4, -0.2) is 53.4 Å². The van der Waals surface area contributed by atoms with E-state index in [1.165, 1.54) is 0 Å². The molecule has 0 spiro atoms. The van der Waals surface area contributed by atoms with E-state index >= 15 is 0 Å². The van der Waals surface area contributed by atoms with Crippen LogP contribution in [0.3, 0.4) is 0 Å². The second-order valence-electron chi connectivity index (χ2n) is 5.04. The molecule has 1 aliphatic rings. The molecule has 1 fully saturated rings. The van der Waals surface area contributed by atoms with Crippen LogP contribution in [0.2, 0.25) is 5.02 Å². The fraction of sp³-hybridized carbons (Fsp3) is 0.571. The number of likely N-dealkylation sites (N-methyl/N-ethyl adjacent to an activating group) is 1. The highest BCUT2D eigenvalue weighted by atomic mass is 35.5. The first kappa shape index (κ1) is 14.3. The highest BCUT2D eigenvalue weighted by Gasteiger charge is 2.27. The summed E-state index contributed by atoms with van der Waals surface area (Å²) >= 11 is 5.93. The van der Waals surface area contributed by atoms with Gasteiger partial charge >= 0.3 is 0 Å². The standard InChI is InChI=1S/C14H20ClN3O/c1-3-12-10-17(2)7-4-8-18(12)14(19)13-9-11(15)5-6-16-13/h5-6,9,12H,3-4,7-8,10H2,1-2H3. The van der Waals surface area contributed by atoms with Gasteiger partial charge in [0.2, 0.25) is 0 Å². The Hall–Kier alpha value is -1.13. The second-order valence-corrected chi connectivity index (χ2v) is 5.47. The van der Waals surface area contributed by atoms with Gasteiger partial charge in [0.05, 0.1) is 0 Å². The Bertz CT molecular complexity index is 452. The summed E-state index contributed by atoms with van der Waals surface area (Å²) < 4.78 is 0. The van der Waals surface area contributed by atoms with E-state index in [0.29, 0.717) is 10.7 Å². The van der Waals surface area contributed by atoms with Gasteiger partial charge in [-0.25, -0.2) is 0 Å². The van der Waals surface area contributed by atoms with Gasteiger partial charge in [-0.15, -0.1) is 0 Å². The fourth-order valence-electron chi connectivity index (χ4n) is 2.53. The molecule has 4 nitrogen and oxygen atoms in total. The van der Waals surface area contributed by atoms with Crippen LogP contribution in [0.1, 0.15) is 30.3 Å². The summed E-state index contributed by atoms with van der Waals surface area (Å²) in [7, 11) is 2.11. The third-order valence-electron chi connectivity index (χ3n) is 3.58. The summed E-state index contributed by atoms with van der Waals surface area (Å²) in [5.41, 5.74) is 0.440. The van der Waals surface area contributed by atoms with Gasteiger partial charge in [0.25, 0.3) is 5.91 Å². The normalized spacial score (nSPS) is 21.2. The molecule has 19 heavy (non-hydrogen) atoms. The van der Waals surface area contributed by atoms with E-state index in [0.717, 1.165) is 32.5 Å². The predicted molar refractivity (Wildman–Crippen MR) is 76.5 cm³/mol. The lowest BCUT2D eigenvalue weighted by Gasteiger charge is -2.30. The summed E-state index contributed by atoms with van der Waals surface area (Å²) in [6.07, 6.45) is 3.54. The van der Waals surface area contributed by atoms with Gasteiger partial charge in [0.1, 0.15) is 5.69 Å². The Labute approximate surface area is 119 Å². The lowest BCUT2D eigenvalue weighted by Crippen LogP contribution is -2.43. The zero-order valence-corrected chi connectivity index (χ0v) is 12.2. The molecule has 104 valence electrons. The molecule has 1 saturated heterocycles. The van der Waals surface area contributed by atoms with Gasteiger partial charge in [-0.2, -0.15) is 0 Å². The van der Waals surface area contributed by atoms with Crippen LogP contribution >= 0.6 is 11.6 Å². The largest absolute Gasteiger partial charge is 0.333 e. The number of halogens is 1. The van der Waals surface area contributed by atoms with Crippen LogP contribution < -0.4 is 0 Å². The fourth-order valence-corrected chi connectivity index (χ4v) is 2.69. The van der Waals surface area contributed by atoms with Crippen molar-refractivity contribution in [2.45, 2.75) is 25.8 Å². The minimum Gasteiger partial charge on any atom is -0.333 e. The van der Waals surface area contributed by atoms with Crippen LogP contribution in [0.5, 0.6) is 0 Å². The molecule has 1 aromatic rings. The summed E-state index contributed by atoms with van der Waals surface area (Å²) in [6.45, 7) is 4.86. The zero-order chi connectivity index (χ0) is 13.8. The summed E-state index contributed by atoms with van der Waals surface area (Å²) in [5, 5.41) is 0.554. The molecule has 5 heteroatoms. The van der Waals surface area contributed by atoms with Crippen molar-refractivity contribution in [2.75, 3.05) is 26.7 Å². The maximum absolute atomic E-state index is 12.6. The van der Waals surface area contributed by atoms with E-state index < -0.39 is 0 Å². The first-order valence-electron chi connectivity index (χ1n) is 6.73. The van der Waals surface area contributed by atoms with Crippen LogP contribution in [0, 0.1) is 0 Å². The third-order valence-corrected chi connectivity index (χ3v) is 3.81. The molecule has 2 rings (SSSR count). The Morgan fingerprint density at radius 2 is 2.32 bits per heavy atom. The number of hydrogen-bond acceptors (Lipinski definition) is 3. The number of rotatable bonds is 2. The monoisotopic (exact) mass is 281 g/mol. The van der Waals surface area contributed by atoms with Crippen LogP contribution in [-0.2, 0) is 0 Å². The number of nitrogens with zero attached hydrogens (tertiary/aromatic N) is 3. The zero-order valence-electron chi connectivity index (χ0n) is 11.5. The Kier molecular flexibility index (Phi) is 4.77. The lowest BCUT2D eigenvalue weighted by atomic mass is 10.1. The average molecular weight is 282 g/mol. The van der Waals surface area contributed by atoms with Gasteiger partial charge in [-0.05, 0) is 38.6 Å². The average Bonchev–Trinajstić information content (AvgIpc) is 2.59. The van der Waals surface area contributed by atoms with Crippen molar-refractivity contribution in [1.82, 2.24) is 14.8 Å². The molecule has 1 unspecified atom stereocenters. The maximum Gasteiger partial charge on any atom is 0.272 e. The van der Waals surface area contributed by atoms with E-state index in [9.17, 15) is 4.79 Å². The molecule has 0 bridgehead atoms. The van der Waals surface area contributed by atoms with Crippen LogP contribution in [0.25, 0.3) is 0 Å². The number of pyridine rings is 1. The van der Waals surface area contributed by atoms with E-state index in [1.54, 1.807) is 18.3 Å². The quantitative estimate of drug-likeness (QED) is 0.835. The molecule has 0 saturated carbocycles. The SMILES string of the molecule is CCC1CN(C)CCCN1C(=O)c1cc(Cl)ccn1. The van der Waals surface area contributed by atoms with Crippen LogP contribution in [0.15, 0.2) is 18.3 Å². The molecule has 0 aromatic carbocycles. The van der Waals surface area contributed by atoms with Crippen molar-refractivity contribution in [3.63, 3.8) is 0 Å². The molecule has 0 N–H and O–H groups in total. The van der Waals surface area contributed by atoms with E-state index in [-0.39, 0.29) is 11.9 Å². The van der Waals surface area contributed by atoms with Crippen LogP contribution in [0.4, 0.5) is 0 Å². The molecule has 1 aromatic heterocycles. The minimum atomic E-state index is -0.00958. The molecule has 1 atom stereocenters. The van der Waals surface area contributed by atoms with Gasteiger partial charge in [-0.1, -0.05) is 18.5 Å². The summed E-state index contributed by atoms with van der Waals surface area (Å²) in [4.78, 5) is 20.9. The number of carbonyl (C=O) groups is 1. The van der Waals surface area contributed by atoms with Gasteiger partial charge in [0.15, 0.2) is 0 Å². The number of hydrogen-bond donors (Lipinski definition) is 0. The predicted octanol–water partition coefficient (Wildman–Crippen LogP) is 2.29. The molecule has 0 aliphatic carbocycles. The van der Waals surface area contributed by atoms with Gasteiger partial charge in [0, 0.05) is 30.4 Å². The Balaban J connectivity index is 2.20. The van der Waals surface area contributed by atoms with E-state index in [1.807, 2.05) is 4.90 Å². The third kappa shape index (κ3) is 3.45. The van der Waals surface area contributed by atoms with E-state index in [4.69, 9.17) is 11.6 Å². The number of carbonyl (C=O) groups excluding carboxylic acids is 1. The highest BCUT2D eigenvalue weighted by molar-refractivity contribution is 6.30. The van der Waals surface area contributed by atoms with Crippen molar-refractivity contribution < 1.29 is 4.79 Å². The first-order chi connectivity index (χ1) is 9.11. The molecule has 1 amide bonds. The van der Waals surface area contributed by atoms with Gasteiger partial charge < -0.3 is 9.80 Å². The topological polar surface area (TPSA) is 36.4 Å². The van der Waals surface area contributed by atoms with Crippen molar-refractivity contribution in [2.24, 2.45) is 0 Å². The Morgan fingerprint density at radius 1 is 1.53 bits per heavy atom. The molecule has 0 radical (unpaired) electrons. The molecular weight excluding hydrogens is 262 g/mol. The minimum absolute atomic E-state index is 0.00958. The maximum atomic E-state index is 12.6. The van der Waals surface area contributed by atoms with Crippen molar-refractivity contribution in [3.05, 3.63) is 29.0 Å². The summed E-state index contributed by atoms with van der Waals surface area (Å²) in [5.74, 6) is -0.00958. The van der Waals surface area contributed by atoms with Crippen molar-refractivity contribution in [3.8, 4) is 0 Å². The molecule has 2 heterocycles. The lowest BCUT2D eigenvalue weighted by molar-refractivity contribution is 0.0669. The van der Waals surface area contributed by atoms with Crippen molar-refractivity contribution in [1.29, 1.82) is 0 Å². The smallest absolute Gasteiger partial charge is 0.272 e. The highest BCUT2D eigenvalue weighted by Crippen LogP contribution is 2.16. The first-order valence-corrected chi connectivity index (χ1v) is 7.10. The Morgan fingerprint density at radius 3 is 3.00 bits per heavy atom. The van der Waals surface area contributed by atoms with Gasteiger partial charge in [-0.3, -0.25) is 9.78 Å². The molecule has 1 aliphatic heterocycles. The molecular formula is C14H20ClN3O. The number of aromatic nitrogens is 1. The second kappa shape index (κ2) is 6.35. The van der Waals surface area contributed by atoms with Crippen molar-refractivity contribution >= 4 is 17.5 Å². The summed E-state index contributed by atoms with van der Waals surface area (Å²) in [6, 6.07) is 3.58. The number of amides is 1.